The lowest BCUT2D eigenvalue weighted by molar-refractivity contribution is 0.669. The molecular formula is C43H26N4O. The second kappa shape index (κ2) is 10.5. The van der Waals surface area contributed by atoms with Crippen LogP contribution >= 0.6 is 0 Å². The Morgan fingerprint density at radius 1 is 0.375 bits per heavy atom. The third kappa shape index (κ3) is 4.22. The highest BCUT2D eigenvalue weighted by Gasteiger charge is 2.16. The van der Waals surface area contributed by atoms with Crippen LogP contribution in [-0.2, 0) is 0 Å². The number of nitrogens with zero attached hydrogens (tertiary/aromatic N) is 4. The molecule has 0 N–H and O–H groups in total. The maximum atomic E-state index is 6.23. The van der Waals surface area contributed by atoms with Crippen LogP contribution in [0.1, 0.15) is 0 Å². The number of hydrogen-bond acceptors (Lipinski definition) is 4. The van der Waals surface area contributed by atoms with Crippen molar-refractivity contribution in [3.8, 4) is 39.9 Å². The number of aromatic nitrogens is 4. The molecule has 0 saturated carbocycles. The number of rotatable bonds is 4. The lowest BCUT2D eigenvalue weighted by atomic mass is 10.0. The quantitative estimate of drug-likeness (QED) is 0.198. The molecule has 10 aromatic rings. The van der Waals surface area contributed by atoms with E-state index in [4.69, 9.17) is 19.4 Å². The molecule has 0 amide bonds. The van der Waals surface area contributed by atoms with Gasteiger partial charge in [-0.3, -0.25) is 0 Å². The van der Waals surface area contributed by atoms with E-state index in [0.717, 1.165) is 60.7 Å². The number of fused-ring (bicyclic) bond motifs is 7. The van der Waals surface area contributed by atoms with Gasteiger partial charge in [-0.05, 0) is 71.4 Å². The minimum Gasteiger partial charge on any atom is -0.456 e. The smallest absolute Gasteiger partial charge is 0.164 e. The molecular weight excluding hydrogens is 589 g/mol. The summed E-state index contributed by atoms with van der Waals surface area (Å²) < 4.78 is 8.58. The van der Waals surface area contributed by atoms with Crippen molar-refractivity contribution in [1.82, 2.24) is 19.5 Å². The van der Waals surface area contributed by atoms with Gasteiger partial charge in [-0.2, -0.15) is 0 Å². The molecule has 0 atom stereocenters. The topological polar surface area (TPSA) is 56.7 Å². The van der Waals surface area contributed by atoms with Crippen molar-refractivity contribution < 1.29 is 4.42 Å². The first kappa shape index (κ1) is 26.6. The highest BCUT2D eigenvalue weighted by atomic mass is 16.3. The number of para-hydroxylation sites is 2. The third-order valence-electron chi connectivity index (χ3n) is 9.21. The summed E-state index contributed by atoms with van der Waals surface area (Å²) in [5, 5.41) is 7.01. The Labute approximate surface area is 275 Å². The van der Waals surface area contributed by atoms with E-state index in [1.807, 2.05) is 72.8 Å². The third-order valence-corrected chi connectivity index (χ3v) is 9.21. The lowest BCUT2D eigenvalue weighted by Crippen LogP contribution is -2.00. The number of hydrogen-bond donors (Lipinski definition) is 0. The van der Waals surface area contributed by atoms with Crippen molar-refractivity contribution >= 4 is 54.5 Å². The minimum atomic E-state index is 0.638. The Hall–Kier alpha value is -6.59. The summed E-state index contributed by atoms with van der Waals surface area (Å²) >= 11 is 0. The first-order chi connectivity index (χ1) is 23.8. The number of furan rings is 1. The van der Waals surface area contributed by atoms with Gasteiger partial charge in [-0.15, -0.1) is 0 Å². The summed E-state index contributed by atoms with van der Waals surface area (Å²) in [4.78, 5) is 14.7. The first-order valence-electron chi connectivity index (χ1n) is 16.0. The minimum absolute atomic E-state index is 0.638. The summed E-state index contributed by atoms with van der Waals surface area (Å²) in [6.45, 7) is 0. The highest BCUT2D eigenvalue weighted by Crippen LogP contribution is 2.38. The van der Waals surface area contributed by atoms with Crippen molar-refractivity contribution in [3.05, 3.63) is 158 Å². The maximum Gasteiger partial charge on any atom is 0.164 e. The van der Waals surface area contributed by atoms with Crippen LogP contribution in [0.3, 0.4) is 0 Å². The van der Waals surface area contributed by atoms with Crippen molar-refractivity contribution in [2.75, 3.05) is 0 Å². The van der Waals surface area contributed by atoms with E-state index < -0.39 is 0 Å². The van der Waals surface area contributed by atoms with Crippen molar-refractivity contribution in [1.29, 1.82) is 0 Å². The zero-order valence-corrected chi connectivity index (χ0v) is 25.7. The molecule has 3 heterocycles. The SMILES string of the molecule is c1ccc(-c2nc(-c3ccccc3)nc(-c3ccc(-n4c5ccccc5c5cc6cc7oc8ccccc8c7cc6cc54)cc3)n2)cc1. The van der Waals surface area contributed by atoms with Gasteiger partial charge >= 0.3 is 0 Å². The van der Waals surface area contributed by atoms with Gasteiger partial charge in [0.2, 0.25) is 0 Å². The van der Waals surface area contributed by atoms with Gasteiger partial charge in [0, 0.05) is 43.9 Å². The zero-order valence-electron chi connectivity index (χ0n) is 25.7. The summed E-state index contributed by atoms with van der Waals surface area (Å²) in [5.41, 5.74) is 8.03. The Kier molecular flexibility index (Phi) is 5.81. The predicted molar refractivity (Wildman–Crippen MR) is 195 cm³/mol. The molecule has 0 aliphatic heterocycles. The summed E-state index contributed by atoms with van der Waals surface area (Å²) in [7, 11) is 0. The van der Waals surface area contributed by atoms with E-state index in [0.29, 0.717) is 17.5 Å². The number of benzene rings is 7. The Morgan fingerprint density at radius 3 is 1.60 bits per heavy atom. The standard InChI is InChI=1S/C43H26N4O/c1-3-11-27(12-4-1)41-44-42(28-13-5-2-6-14-28)46-43(45-41)29-19-21-32(22-20-29)47-37-17-9-7-15-33(37)35-23-31-26-40-36(24-30(31)25-38(35)47)34-16-8-10-18-39(34)48-40/h1-26H. The monoisotopic (exact) mass is 614 g/mol. The molecule has 7 aromatic carbocycles. The summed E-state index contributed by atoms with van der Waals surface area (Å²) in [5.74, 6) is 1.94. The zero-order chi connectivity index (χ0) is 31.6. The molecule has 0 saturated heterocycles. The molecule has 0 bridgehead atoms. The summed E-state index contributed by atoms with van der Waals surface area (Å²) in [6, 6.07) is 54.6. The second-order valence-electron chi connectivity index (χ2n) is 12.1. The Morgan fingerprint density at radius 2 is 0.917 bits per heavy atom. The van der Waals surface area contributed by atoms with Crippen LogP contribution in [-0.4, -0.2) is 19.5 Å². The van der Waals surface area contributed by atoms with Gasteiger partial charge in [0.25, 0.3) is 0 Å². The van der Waals surface area contributed by atoms with E-state index in [1.165, 1.54) is 16.2 Å². The van der Waals surface area contributed by atoms with Crippen molar-refractivity contribution in [2.24, 2.45) is 0 Å². The predicted octanol–water partition coefficient (Wildman–Crippen LogP) is 11.0. The molecule has 0 radical (unpaired) electrons. The average Bonchev–Trinajstić information content (AvgIpc) is 3.68. The lowest BCUT2D eigenvalue weighted by Gasteiger charge is -2.11. The van der Waals surface area contributed by atoms with Crippen LogP contribution in [0.25, 0.3) is 94.4 Å². The molecule has 5 heteroatoms. The molecule has 3 aromatic heterocycles. The fraction of sp³-hybridized carbons (Fsp3) is 0. The molecule has 0 fully saturated rings. The molecule has 0 unspecified atom stereocenters. The normalized spacial score (nSPS) is 11.8. The fourth-order valence-corrected chi connectivity index (χ4v) is 6.91. The van der Waals surface area contributed by atoms with Crippen LogP contribution in [0.4, 0.5) is 0 Å². The molecule has 0 spiro atoms. The molecule has 5 nitrogen and oxygen atoms in total. The van der Waals surface area contributed by atoms with Gasteiger partial charge < -0.3 is 8.98 Å². The fourth-order valence-electron chi connectivity index (χ4n) is 6.91. The van der Waals surface area contributed by atoms with Gasteiger partial charge in [0.15, 0.2) is 17.5 Å². The highest BCUT2D eigenvalue weighted by molar-refractivity contribution is 6.17. The first-order valence-corrected chi connectivity index (χ1v) is 16.0. The maximum absolute atomic E-state index is 6.23. The van der Waals surface area contributed by atoms with Gasteiger partial charge in [0.1, 0.15) is 11.2 Å². The summed E-state index contributed by atoms with van der Waals surface area (Å²) in [6.07, 6.45) is 0. The molecule has 0 aliphatic carbocycles. The largest absolute Gasteiger partial charge is 0.456 e. The van der Waals surface area contributed by atoms with Gasteiger partial charge in [-0.1, -0.05) is 97.1 Å². The van der Waals surface area contributed by atoms with E-state index in [9.17, 15) is 0 Å². The van der Waals surface area contributed by atoms with Crippen LogP contribution in [0, 0.1) is 0 Å². The van der Waals surface area contributed by atoms with E-state index in [2.05, 4.69) is 89.5 Å². The van der Waals surface area contributed by atoms with Crippen molar-refractivity contribution in [2.45, 2.75) is 0 Å². The van der Waals surface area contributed by atoms with Crippen LogP contribution in [0.5, 0.6) is 0 Å². The molecule has 48 heavy (non-hydrogen) atoms. The van der Waals surface area contributed by atoms with Crippen molar-refractivity contribution in [3.63, 3.8) is 0 Å². The van der Waals surface area contributed by atoms with Gasteiger partial charge in [-0.25, -0.2) is 15.0 Å². The molecule has 10 rings (SSSR count). The second-order valence-corrected chi connectivity index (χ2v) is 12.1. The Bertz CT molecular complexity index is 2760. The molecule has 0 aliphatic rings. The average molecular weight is 615 g/mol. The van der Waals surface area contributed by atoms with E-state index >= 15 is 0 Å². The molecule has 224 valence electrons. The van der Waals surface area contributed by atoms with E-state index in [1.54, 1.807) is 0 Å². The van der Waals surface area contributed by atoms with Crippen LogP contribution < -0.4 is 0 Å². The van der Waals surface area contributed by atoms with Crippen LogP contribution in [0.15, 0.2) is 162 Å². The van der Waals surface area contributed by atoms with E-state index in [-0.39, 0.29) is 0 Å². The van der Waals surface area contributed by atoms with Crippen LogP contribution in [0.2, 0.25) is 0 Å². The Balaban J connectivity index is 1.14. The van der Waals surface area contributed by atoms with Gasteiger partial charge in [0.05, 0.1) is 11.0 Å².